The molecule has 0 saturated heterocycles. The zero-order chi connectivity index (χ0) is 56.6. The summed E-state index contributed by atoms with van der Waals surface area (Å²) in [6.07, 6.45) is 27.3. The number of pyridine rings is 5. The van der Waals surface area contributed by atoms with E-state index in [9.17, 15) is 23.2 Å². The maximum absolute atomic E-state index is 14.3. The van der Waals surface area contributed by atoms with Crippen molar-refractivity contribution in [2.75, 3.05) is 6.61 Å². The molecule has 0 bridgehead atoms. The molecule has 0 radical (unpaired) electrons. The molecule has 5 N–H and O–H groups in total. The second-order valence-corrected chi connectivity index (χ2v) is 18.5. The summed E-state index contributed by atoms with van der Waals surface area (Å²) in [6.45, 7) is 3.91. The van der Waals surface area contributed by atoms with Crippen molar-refractivity contribution in [3.8, 4) is 0 Å². The molecule has 84 heavy (non-hydrogen) atoms. The van der Waals surface area contributed by atoms with E-state index in [1.54, 1.807) is 57.9 Å². The summed E-state index contributed by atoms with van der Waals surface area (Å²) in [5.41, 5.74) is 12.7. The Hall–Kier alpha value is -9.26. The van der Waals surface area contributed by atoms with Crippen molar-refractivity contribution in [1.82, 2.24) is 80.9 Å². The molecule has 0 unspecified atom stereocenters. The van der Waals surface area contributed by atoms with Gasteiger partial charge in [0, 0.05) is 74.7 Å². The number of amides is 1. The summed E-state index contributed by atoms with van der Waals surface area (Å²) in [5, 5.41) is 11.6. The number of aromatic nitrogens is 16. The Morgan fingerprint density at radius 2 is 0.988 bits per heavy atom. The molecular weight excluding hydrogens is 1150 g/mol. The summed E-state index contributed by atoms with van der Waals surface area (Å²) in [4.78, 5) is 68.3. The van der Waals surface area contributed by atoms with E-state index in [1.807, 2.05) is 110 Å². The number of ether oxygens (including phenoxy) is 1. The number of nitrogens with two attached hydrogens (primary N) is 1. The van der Waals surface area contributed by atoms with Crippen molar-refractivity contribution >= 4 is 81.4 Å². The molecular formula is C54H48Cl3F2LiN18O6. The molecule has 0 aliphatic heterocycles. The Bertz CT molecular complexity index is 4280. The fraction of sp³-hybridized carbons (Fsp3) is 0.130. The van der Waals surface area contributed by atoms with Crippen LogP contribution in [0, 0.1) is 11.6 Å². The summed E-state index contributed by atoms with van der Waals surface area (Å²) in [6, 6.07) is 20.3. The van der Waals surface area contributed by atoms with Crippen molar-refractivity contribution < 1.29 is 57.3 Å². The summed E-state index contributed by atoms with van der Waals surface area (Å²) < 4.78 is 46.8. The maximum atomic E-state index is 14.3. The quantitative estimate of drug-likeness (QED) is 0.103. The Labute approximate surface area is 502 Å². The smallest absolute Gasteiger partial charge is 0.870 e. The molecule has 0 fully saturated rings. The fourth-order valence-electron chi connectivity index (χ4n) is 8.33. The van der Waals surface area contributed by atoms with Crippen LogP contribution in [0.5, 0.6) is 0 Å². The first-order chi connectivity index (χ1) is 39.3. The number of carbonyl (C=O) groups is 3. The number of rotatable bonds is 13. The molecule has 0 saturated carbocycles. The Morgan fingerprint density at radius 3 is 1.42 bits per heavy atom. The predicted octanol–water partition coefficient (Wildman–Crippen LogP) is 4.82. The third kappa shape index (κ3) is 14.5. The van der Waals surface area contributed by atoms with Gasteiger partial charge in [-0.05, 0) is 55.5 Å². The van der Waals surface area contributed by atoms with Gasteiger partial charge in [0.2, 0.25) is 0 Å². The second kappa shape index (κ2) is 28.1. The Kier molecular flexibility index (Phi) is 20.9. The Balaban J connectivity index is 0.000000166. The van der Waals surface area contributed by atoms with E-state index in [0.717, 1.165) is 34.0 Å². The van der Waals surface area contributed by atoms with Crippen molar-refractivity contribution in [3.63, 3.8) is 0 Å². The van der Waals surface area contributed by atoms with Crippen LogP contribution < -0.4 is 29.9 Å². The molecule has 426 valence electrons. The molecule has 0 aliphatic rings. The first kappa shape index (κ1) is 62.3. The number of hydrogen-bond donors (Lipinski definition) is 3. The van der Waals surface area contributed by atoms with Gasteiger partial charge < -0.3 is 62.1 Å². The van der Waals surface area contributed by atoms with Gasteiger partial charge in [-0.1, -0.05) is 41.4 Å². The van der Waals surface area contributed by atoms with Crippen LogP contribution in [-0.4, -0.2) is 111 Å². The van der Waals surface area contributed by atoms with Crippen LogP contribution >= 0.6 is 35.6 Å². The number of imidazole rings is 8. The standard InChI is InChI=1S/C20H15ClFN7O.C14H14N4O2.C12H10N4O2.C8H7ClFN3.ClH.Li.H2O/c21-14-4-6-29-12-25-15(19(29)18(14)22)7-23-20(30)16-10-27(11-24-16)8-13-9-28-5-2-1-3-17(28)26-13;1-2-20-14(19)12-9-17(10-15-12)7-11-8-18-6-4-3-5-13(18)16-11;17-12(18)10-7-15(8-13-10)5-9-6-16-4-2-1-3-11(16)14-9;9-5-1-2-13-4-12-6(3-11)8(13)7(5)10;;;/h1-6,9-12H,7-8H2,(H,23,30);3-6,8-10H,2,7H2,1H3;1-4,6-8H,5H2,(H,17,18);1-2,4H,3,11H2;1H;;1H2/q;;;;;+1;/p-1. The molecule has 1 amide bonds. The van der Waals surface area contributed by atoms with Crippen LogP contribution in [0.2, 0.25) is 10.0 Å². The van der Waals surface area contributed by atoms with Crippen LogP contribution in [0.1, 0.15) is 66.9 Å². The number of carbonyl (C=O) groups excluding carboxylic acids is 2. The molecule has 13 heterocycles. The van der Waals surface area contributed by atoms with Crippen molar-refractivity contribution in [1.29, 1.82) is 0 Å². The summed E-state index contributed by atoms with van der Waals surface area (Å²) in [5.74, 6) is -2.85. The van der Waals surface area contributed by atoms with E-state index >= 15 is 0 Å². The molecule has 30 heteroatoms. The van der Waals surface area contributed by atoms with Gasteiger partial charge in [0.1, 0.15) is 33.7 Å². The van der Waals surface area contributed by atoms with E-state index in [-0.39, 0.29) is 82.7 Å². The minimum atomic E-state index is -1.02. The van der Waals surface area contributed by atoms with Gasteiger partial charge in [0.05, 0.1) is 103 Å². The normalized spacial score (nSPS) is 10.7. The topological polar surface area (TPSA) is 289 Å². The van der Waals surface area contributed by atoms with Gasteiger partial charge in [0.25, 0.3) is 5.91 Å². The van der Waals surface area contributed by atoms with Gasteiger partial charge in [0.15, 0.2) is 23.0 Å². The zero-order valence-corrected chi connectivity index (χ0v) is 46.8. The molecule has 0 atom stereocenters. The number of nitrogens with zero attached hydrogens (tertiary/aromatic N) is 16. The molecule has 13 aromatic rings. The predicted molar refractivity (Wildman–Crippen MR) is 301 cm³/mol. The third-order valence-corrected chi connectivity index (χ3v) is 12.6. The third-order valence-electron chi connectivity index (χ3n) is 12.1. The molecule has 13 aromatic heterocycles. The van der Waals surface area contributed by atoms with E-state index in [1.165, 1.54) is 41.7 Å². The number of fused-ring (bicyclic) bond motifs is 5. The number of carboxylic acids is 1. The van der Waals surface area contributed by atoms with Crippen LogP contribution in [-0.2, 0) is 37.5 Å². The van der Waals surface area contributed by atoms with Crippen LogP contribution in [0.4, 0.5) is 8.78 Å². The maximum Gasteiger partial charge on any atom is 1.00 e. The van der Waals surface area contributed by atoms with Gasteiger partial charge >= 0.3 is 30.8 Å². The molecule has 24 nitrogen and oxygen atoms in total. The number of carboxylic acid groups (broad SMARTS) is 1. The monoisotopic (exact) mass is 1190 g/mol. The average Bonchev–Trinajstić information content (AvgIpc) is 4.03. The fourth-order valence-corrected chi connectivity index (χ4v) is 8.62. The van der Waals surface area contributed by atoms with E-state index in [4.69, 9.17) is 38.8 Å². The van der Waals surface area contributed by atoms with Crippen molar-refractivity contribution in [2.45, 2.75) is 39.6 Å². The van der Waals surface area contributed by atoms with E-state index in [2.05, 4.69) is 45.2 Å². The largest absolute Gasteiger partial charge is 1.00 e. The van der Waals surface area contributed by atoms with Gasteiger partial charge in [-0.25, -0.2) is 58.2 Å². The average molecular weight is 1200 g/mol. The second-order valence-electron chi connectivity index (χ2n) is 17.7. The molecule has 0 aromatic carbocycles. The number of halogens is 5. The van der Waals surface area contributed by atoms with Crippen LogP contribution in [0.25, 0.3) is 28.0 Å². The number of nitrogens with one attached hydrogen (secondary N) is 1. The number of esters is 1. The summed E-state index contributed by atoms with van der Waals surface area (Å²) >= 11 is 11.5. The number of aromatic carboxylic acids is 1. The van der Waals surface area contributed by atoms with Gasteiger partial charge in [-0.15, -0.1) is 12.4 Å². The molecule has 0 aliphatic carbocycles. The first-order valence-corrected chi connectivity index (χ1v) is 25.4. The van der Waals surface area contributed by atoms with E-state index in [0.29, 0.717) is 48.8 Å². The SMILES string of the molecule is CCOC(=O)c1cn(Cc2cn3ccccc3n2)cn1.Cl.NCc1ncn2ccc(Cl)c(F)c12.O=C(NCc1ncn2ccc(Cl)c(F)c12)c1cn(Cc2cn3ccccc3n2)cn1.O=C(O)c1cn(Cc2cn3ccccc3n2)cn1.[Li+].[OH-]. The van der Waals surface area contributed by atoms with Crippen molar-refractivity contribution in [2.24, 2.45) is 5.73 Å². The minimum absolute atomic E-state index is 0. The first-order valence-electron chi connectivity index (χ1n) is 24.6. The van der Waals surface area contributed by atoms with E-state index < -0.39 is 23.6 Å². The summed E-state index contributed by atoms with van der Waals surface area (Å²) in [7, 11) is 0. The van der Waals surface area contributed by atoms with Gasteiger partial charge in [-0.2, -0.15) is 0 Å². The zero-order valence-electron chi connectivity index (χ0n) is 44.5. The van der Waals surface area contributed by atoms with Gasteiger partial charge in [-0.3, -0.25) is 4.79 Å². The van der Waals surface area contributed by atoms with Crippen LogP contribution in [0.3, 0.4) is 0 Å². The molecule has 0 spiro atoms. The molecule has 13 rings (SSSR count). The minimum Gasteiger partial charge on any atom is -0.870 e. The van der Waals surface area contributed by atoms with Crippen LogP contribution in [0.15, 0.2) is 167 Å². The van der Waals surface area contributed by atoms with Crippen molar-refractivity contribution in [3.05, 3.63) is 234 Å². The Morgan fingerprint density at radius 1 is 0.571 bits per heavy atom. The number of hydrogen-bond acceptors (Lipinski definition) is 14.